The lowest BCUT2D eigenvalue weighted by Crippen LogP contribution is -2.27. The first-order valence-corrected chi connectivity index (χ1v) is 4.74. The number of benzene rings is 1. The fourth-order valence-electron chi connectivity index (χ4n) is 2.16. The lowest BCUT2D eigenvalue weighted by atomic mass is 9.81. The van der Waals surface area contributed by atoms with Gasteiger partial charge < -0.3 is 0 Å². The Bertz CT molecular complexity index is 354. The van der Waals surface area contributed by atoms with E-state index in [9.17, 15) is 4.79 Å². The molecule has 1 aromatic carbocycles. The van der Waals surface area contributed by atoms with E-state index in [1.807, 2.05) is 12.1 Å². The van der Waals surface area contributed by atoms with Crippen molar-refractivity contribution in [3.05, 3.63) is 35.4 Å². The average molecular weight is 174 g/mol. The van der Waals surface area contributed by atoms with E-state index in [1.165, 1.54) is 11.1 Å². The summed E-state index contributed by atoms with van der Waals surface area (Å²) in [6.45, 7) is 3.75. The zero-order chi connectivity index (χ0) is 9.47. The normalized spacial score (nSPS) is 25.7. The Morgan fingerprint density at radius 3 is 2.77 bits per heavy atom. The van der Waals surface area contributed by atoms with Crippen molar-refractivity contribution in [2.24, 2.45) is 0 Å². The van der Waals surface area contributed by atoms with Crippen molar-refractivity contribution >= 4 is 5.78 Å². The molecule has 1 aliphatic carbocycles. The molecular formula is C12H14O. The van der Waals surface area contributed by atoms with Crippen LogP contribution in [0.3, 0.4) is 0 Å². The monoisotopic (exact) mass is 174 g/mol. The van der Waals surface area contributed by atoms with Gasteiger partial charge in [0.05, 0.1) is 5.41 Å². The summed E-state index contributed by atoms with van der Waals surface area (Å²) in [7, 11) is 0. The van der Waals surface area contributed by atoms with Crippen LogP contribution in [0.2, 0.25) is 0 Å². The van der Waals surface area contributed by atoms with Gasteiger partial charge in [-0.05, 0) is 37.8 Å². The number of fused-ring (bicyclic) bond motifs is 1. The van der Waals surface area contributed by atoms with Gasteiger partial charge in [0.1, 0.15) is 5.78 Å². The van der Waals surface area contributed by atoms with E-state index >= 15 is 0 Å². The Balaban J connectivity index is 2.55. The molecule has 1 aromatic rings. The van der Waals surface area contributed by atoms with Crippen LogP contribution in [0.15, 0.2) is 24.3 Å². The van der Waals surface area contributed by atoms with Crippen LogP contribution < -0.4 is 0 Å². The molecule has 68 valence electrons. The number of hydrogen-bond donors (Lipinski definition) is 0. The van der Waals surface area contributed by atoms with Crippen LogP contribution in [0, 0.1) is 0 Å². The van der Waals surface area contributed by atoms with Crippen molar-refractivity contribution in [3.8, 4) is 0 Å². The Hall–Kier alpha value is -1.11. The summed E-state index contributed by atoms with van der Waals surface area (Å²) in [5, 5.41) is 0. The van der Waals surface area contributed by atoms with Gasteiger partial charge in [0, 0.05) is 0 Å². The Labute approximate surface area is 78.8 Å². The Morgan fingerprint density at radius 2 is 2.08 bits per heavy atom. The second-order valence-corrected chi connectivity index (χ2v) is 4.05. The summed E-state index contributed by atoms with van der Waals surface area (Å²) in [6, 6.07) is 8.28. The molecule has 0 unspecified atom stereocenters. The molecule has 0 heterocycles. The summed E-state index contributed by atoms with van der Waals surface area (Å²) >= 11 is 0. The maximum atomic E-state index is 11.5. The van der Waals surface area contributed by atoms with Crippen molar-refractivity contribution < 1.29 is 4.79 Å². The van der Waals surface area contributed by atoms with Crippen LogP contribution in [-0.2, 0) is 16.6 Å². The Kier molecular flexibility index (Phi) is 1.76. The highest BCUT2D eigenvalue weighted by Gasteiger charge is 2.37. The highest BCUT2D eigenvalue weighted by molar-refractivity contribution is 5.88. The van der Waals surface area contributed by atoms with Crippen molar-refractivity contribution in [1.82, 2.24) is 0 Å². The third kappa shape index (κ3) is 1.11. The van der Waals surface area contributed by atoms with Gasteiger partial charge in [-0.1, -0.05) is 24.3 Å². The van der Waals surface area contributed by atoms with Crippen molar-refractivity contribution in [2.45, 2.75) is 32.1 Å². The zero-order valence-corrected chi connectivity index (χ0v) is 8.13. The summed E-state index contributed by atoms with van der Waals surface area (Å²) in [5.41, 5.74) is 2.37. The maximum absolute atomic E-state index is 11.5. The molecule has 0 saturated heterocycles. The zero-order valence-electron chi connectivity index (χ0n) is 8.13. The Morgan fingerprint density at radius 1 is 1.38 bits per heavy atom. The first kappa shape index (κ1) is 8.49. The molecule has 0 spiro atoms. The number of carbonyl (C=O) groups excluding carboxylic acids is 1. The molecule has 0 N–H and O–H groups in total. The lowest BCUT2D eigenvalue weighted by molar-refractivity contribution is -0.121. The summed E-state index contributed by atoms with van der Waals surface area (Å²) < 4.78 is 0. The minimum Gasteiger partial charge on any atom is -0.299 e. The highest BCUT2D eigenvalue weighted by Crippen LogP contribution is 2.38. The number of hydrogen-bond acceptors (Lipinski definition) is 1. The molecule has 0 aliphatic heterocycles. The van der Waals surface area contributed by atoms with E-state index in [0.29, 0.717) is 0 Å². The largest absolute Gasteiger partial charge is 0.299 e. The predicted molar refractivity (Wildman–Crippen MR) is 52.8 cm³/mol. The van der Waals surface area contributed by atoms with Crippen molar-refractivity contribution in [1.29, 1.82) is 0 Å². The van der Waals surface area contributed by atoms with Crippen LogP contribution in [0.4, 0.5) is 0 Å². The molecule has 0 fully saturated rings. The minimum absolute atomic E-state index is 0.212. The molecule has 1 heteroatoms. The fraction of sp³-hybridized carbons (Fsp3) is 0.417. The molecule has 0 aromatic heterocycles. The highest BCUT2D eigenvalue weighted by atomic mass is 16.1. The van der Waals surface area contributed by atoms with Gasteiger partial charge in [0.25, 0.3) is 0 Å². The molecule has 0 bridgehead atoms. The van der Waals surface area contributed by atoms with E-state index in [0.717, 1.165) is 12.8 Å². The topological polar surface area (TPSA) is 17.1 Å². The third-order valence-electron chi connectivity index (χ3n) is 3.28. The fourth-order valence-corrected chi connectivity index (χ4v) is 2.16. The first-order valence-electron chi connectivity index (χ1n) is 4.74. The van der Waals surface area contributed by atoms with Gasteiger partial charge in [-0.2, -0.15) is 0 Å². The standard InChI is InChI=1S/C12H14O/c1-9(13)12(2)8-7-10-5-3-4-6-11(10)12/h3-6H,7-8H2,1-2H3/t12-/m0/s1. The second kappa shape index (κ2) is 2.69. The molecule has 1 aliphatic rings. The van der Waals surface area contributed by atoms with Crippen LogP contribution in [0.5, 0.6) is 0 Å². The molecular weight excluding hydrogens is 160 g/mol. The quantitative estimate of drug-likeness (QED) is 0.639. The molecule has 0 amide bonds. The molecule has 0 saturated carbocycles. The smallest absolute Gasteiger partial charge is 0.140 e. The van der Waals surface area contributed by atoms with E-state index < -0.39 is 0 Å². The second-order valence-electron chi connectivity index (χ2n) is 4.05. The molecule has 0 radical (unpaired) electrons. The molecule has 1 nitrogen and oxygen atoms in total. The number of carbonyl (C=O) groups is 1. The SMILES string of the molecule is CC(=O)[C@]1(C)CCc2ccccc21. The lowest BCUT2D eigenvalue weighted by Gasteiger charge is -2.21. The van der Waals surface area contributed by atoms with Gasteiger partial charge in [-0.25, -0.2) is 0 Å². The van der Waals surface area contributed by atoms with Gasteiger partial charge >= 0.3 is 0 Å². The van der Waals surface area contributed by atoms with Gasteiger partial charge in [0.2, 0.25) is 0 Å². The van der Waals surface area contributed by atoms with Gasteiger partial charge in [-0.3, -0.25) is 4.79 Å². The predicted octanol–water partition coefficient (Wildman–Crippen LogP) is 2.48. The van der Waals surface area contributed by atoms with Crippen LogP contribution >= 0.6 is 0 Å². The van der Waals surface area contributed by atoms with Gasteiger partial charge in [0.15, 0.2) is 0 Å². The summed E-state index contributed by atoms with van der Waals surface area (Å²) in [4.78, 5) is 11.5. The number of Topliss-reactive ketones (excluding diaryl/α,β-unsaturated/α-hetero) is 1. The number of aryl methyl sites for hydroxylation is 1. The molecule has 1 atom stereocenters. The molecule has 13 heavy (non-hydrogen) atoms. The summed E-state index contributed by atoms with van der Waals surface area (Å²) in [5.74, 6) is 0.289. The van der Waals surface area contributed by atoms with E-state index in [2.05, 4.69) is 19.1 Å². The van der Waals surface area contributed by atoms with Crippen LogP contribution in [-0.4, -0.2) is 5.78 Å². The summed E-state index contributed by atoms with van der Waals surface area (Å²) in [6.07, 6.45) is 2.02. The van der Waals surface area contributed by atoms with E-state index in [4.69, 9.17) is 0 Å². The van der Waals surface area contributed by atoms with Crippen LogP contribution in [0.25, 0.3) is 0 Å². The maximum Gasteiger partial charge on any atom is 0.140 e. The minimum atomic E-state index is -0.212. The van der Waals surface area contributed by atoms with Gasteiger partial charge in [-0.15, -0.1) is 0 Å². The van der Waals surface area contributed by atoms with E-state index in [1.54, 1.807) is 6.92 Å². The number of rotatable bonds is 1. The van der Waals surface area contributed by atoms with Crippen LogP contribution in [0.1, 0.15) is 31.4 Å². The van der Waals surface area contributed by atoms with Crippen molar-refractivity contribution in [2.75, 3.05) is 0 Å². The number of ketones is 1. The first-order chi connectivity index (χ1) is 6.14. The molecule has 2 rings (SSSR count). The van der Waals surface area contributed by atoms with Crippen molar-refractivity contribution in [3.63, 3.8) is 0 Å². The average Bonchev–Trinajstić information content (AvgIpc) is 2.47. The third-order valence-corrected chi connectivity index (χ3v) is 3.28. The van der Waals surface area contributed by atoms with E-state index in [-0.39, 0.29) is 11.2 Å².